The second-order valence-electron chi connectivity index (χ2n) is 8.46. The molecule has 1 aliphatic carbocycles. The molecule has 0 aromatic heterocycles. The topological polar surface area (TPSA) is 105 Å². The third kappa shape index (κ3) is 5.72. The third-order valence-electron chi connectivity index (χ3n) is 5.60. The zero-order valence-electron chi connectivity index (χ0n) is 18.7. The average molecular weight is 449 g/mol. The summed E-state index contributed by atoms with van der Waals surface area (Å²) in [6.07, 6.45) is 4.62. The first-order chi connectivity index (χ1) is 15.8. The van der Waals surface area contributed by atoms with Crippen LogP contribution < -0.4 is 10.6 Å². The summed E-state index contributed by atoms with van der Waals surface area (Å²) in [6, 6.07) is 13.8. The van der Waals surface area contributed by atoms with Crippen LogP contribution in [0.1, 0.15) is 43.7 Å². The number of hydrogen-bond donors (Lipinski definition) is 3. The predicted octanol–water partition coefficient (Wildman–Crippen LogP) is 3.53. The highest BCUT2D eigenvalue weighted by atomic mass is 16.5. The van der Waals surface area contributed by atoms with Crippen molar-refractivity contribution in [1.29, 1.82) is 0 Å². The van der Waals surface area contributed by atoms with E-state index in [2.05, 4.69) is 16.6 Å². The largest absolute Gasteiger partial charge is 0.480 e. The zero-order valence-corrected chi connectivity index (χ0v) is 18.7. The van der Waals surface area contributed by atoms with Crippen LogP contribution in [0.4, 0.5) is 4.79 Å². The molecule has 2 aromatic carbocycles. The number of aliphatic carboxylic acids is 1. The van der Waals surface area contributed by atoms with Crippen molar-refractivity contribution in [2.24, 2.45) is 5.92 Å². The third-order valence-corrected chi connectivity index (χ3v) is 5.60. The maximum atomic E-state index is 12.7. The first kappa shape index (κ1) is 23.9. The molecule has 172 valence electrons. The Bertz CT molecular complexity index is 1030. The fourth-order valence-corrected chi connectivity index (χ4v) is 4.08. The van der Waals surface area contributed by atoms with Crippen LogP contribution in [0.15, 0.2) is 48.5 Å². The van der Waals surface area contributed by atoms with Gasteiger partial charge in [0.25, 0.3) is 0 Å². The normalized spacial score (nSPS) is 13.9. The van der Waals surface area contributed by atoms with Gasteiger partial charge in [-0.15, -0.1) is 12.3 Å². The maximum absolute atomic E-state index is 12.7. The van der Waals surface area contributed by atoms with Gasteiger partial charge in [-0.3, -0.25) is 4.79 Å². The van der Waals surface area contributed by atoms with Crippen molar-refractivity contribution < 1.29 is 24.2 Å². The summed E-state index contributed by atoms with van der Waals surface area (Å²) >= 11 is 0. The molecule has 7 nitrogen and oxygen atoms in total. The molecule has 0 bridgehead atoms. The van der Waals surface area contributed by atoms with Crippen molar-refractivity contribution in [3.05, 3.63) is 59.7 Å². The lowest BCUT2D eigenvalue weighted by Gasteiger charge is -2.22. The van der Waals surface area contributed by atoms with E-state index < -0.39 is 30.1 Å². The monoisotopic (exact) mass is 448 g/mol. The lowest BCUT2D eigenvalue weighted by Crippen LogP contribution is -2.52. The smallest absolute Gasteiger partial charge is 0.407 e. The molecule has 0 heterocycles. The van der Waals surface area contributed by atoms with Crippen LogP contribution in [0, 0.1) is 18.3 Å². The van der Waals surface area contributed by atoms with Gasteiger partial charge in [-0.1, -0.05) is 62.4 Å². The average Bonchev–Trinajstić information content (AvgIpc) is 3.10. The highest BCUT2D eigenvalue weighted by molar-refractivity contribution is 5.89. The number of benzene rings is 2. The van der Waals surface area contributed by atoms with Crippen LogP contribution in [-0.4, -0.2) is 41.8 Å². The number of ether oxygens (including phenoxy) is 1. The number of hydrogen-bond acceptors (Lipinski definition) is 4. The first-order valence-electron chi connectivity index (χ1n) is 10.9. The fourth-order valence-electron chi connectivity index (χ4n) is 4.08. The van der Waals surface area contributed by atoms with Gasteiger partial charge in [0, 0.05) is 12.3 Å². The summed E-state index contributed by atoms with van der Waals surface area (Å²) in [5.74, 6) is 0.364. The lowest BCUT2D eigenvalue weighted by atomic mass is 9.98. The Morgan fingerprint density at radius 2 is 1.58 bits per heavy atom. The molecule has 0 saturated carbocycles. The van der Waals surface area contributed by atoms with Crippen molar-refractivity contribution in [3.8, 4) is 23.5 Å². The lowest BCUT2D eigenvalue weighted by molar-refractivity contribution is -0.142. The number of nitrogens with one attached hydrogen (secondary N) is 2. The highest BCUT2D eigenvalue weighted by Gasteiger charge is 2.30. The van der Waals surface area contributed by atoms with Crippen LogP contribution in [0.2, 0.25) is 0 Å². The van der Waals surface area contributed by atoms with Crippen molar-refractivity contribution in [3.63, 3.8) is 0 Å². The number of carbonyl (C=O) groups is 3. The van der Waals surface area contributed by atoms with Crippen molar-refractivity contribution in [2.75, 3.05) is 6.61 Å². The number of carboxylic acids is 1. The standard InChI is InChI=1S/C26H28N2O5/c1-4-9-22(25(30)31)27-24(29)23(14-16(2)3)28-26(32)33-15-21-19-12-7-5-10-17(19)18-11-6-8-13-20(18)21/h1,5-8,10-13,16,21-23H,9,14-15H2,2-3H3,(H,27,29)(H,28,32)(H,30,31)/t22-,23-/m0/s1. The second kappa shape index (κ2) is 10.7. The van der Waals surface area contributed by atoms with E-state index in [4.69, 9.17) is 11.2 Å². The van der Waals surface area contributed by atoms with Crippen molar-refractivity contribution in [2.45, 2.75) is 44.7 Å². The number of amides is 2. The molecule has 0 radical (unpaired) electrons. The molecule has 2 aromatic rings. The van der Waals surface area contributed by atoms with Gasteiger partial charge < -0.3 is 20.5 Å². The Balaban J connectivity index is 1.67. The van der Waals surface area contributed by atoms with Gasteiger partial charge in [0.1, 0.15) is 18.7 Å². The molecule has 7 heteroatoms. The van der Waals surface area contributed by atoms with Gasteiger partial charge in [-0.05, 0) is 34.6 Å². The summed E-state index contributed by atoms with van der Waals surface area (Å²) in [4.78, 5) is 36.6. The molecule has 0 spiro atoms. The number of rotatable bonds is 9. The molecule has 1 aliphatic rings. The van der Waals surface area contributed by atoms with Crippen LogP contribution in [0.3, 0.4) is 0 Å². The Labute approximate surface area is 193 Å². The number of fused-ring (bicyclic) bond motifs is 3. The predicted molar refractivity (Wildman–Crippen MR) is 124 cm³/mol. The van der Waals surface area contributed by atoms with Crippen LogP contribution in [-0.2, 0) is 14.3 Å². The minimum Gasteiger partial charge on any atom is -0.480 e. The molecule has 0 aliphatic heterocycles. The van der Waals surface area contributed by atoms with Gasteiger partial charge in [-0.25, -0.2) is 9.59 Å². The molecule has 0 saturated heterocycles. The van der Waals surface area contributed by atoms with E-state index >= 15 is 0 Å². The van der Waals surface area contributed by atoms with E-state index in [0.29, 0.717) is 6.42 Å². The fraction of sp³-hybridized carbons (Fsp3) is 0.346. The summed E-state index contributed by atoms with van der Waals surface area (Å²) in [5.41, 5.74) is 4.41. The second-order valence-corrected chi connectivity index (χ2v) is 8.46. The summed E-state index contributed by atoms with van der Waals surface area (Å²) < 4.78 is 5.52. The molecular weight excluding hydrogens is 420 g/mol. The summed E-state index contributed by atoms with van der Waals surface area (Å²) in [5, 5.41) is 14.2. The number of carbonyl (C=O) groups excluding carboxylic acids is 2. The van der Waals surface area contributed by atoms with Crippen LogP contribution in [0.5, 0.6) is 0 Å². The van der Waals surface area contributed by atoms with Gasteiger partial charge in [0.2, 0.25) is 5.91 Å². The van der Waals surface area contributed by atoms with Crippen molar-refractivity contribution in [1.82, 2.24) is 10.6 Å². The Hall–Kier alpha value is -3.79. The summed E-state index contributed by atoms with van der Waals surface area (Å²) in [6.45, 7) is 3.91. The molecule has 2 atom stereocenters. The molecule has 3 rings (SSSR count). The van der Waals surface area contributed by atoms with E-state index in [0.717, 1.165) is 22.3 Å². The molecule has 2 amide bonds. The molecule has 3 N–H and O–H groups in total. The Morgan fingerprint density at radius 3 is 2.09 bits per heavy atom. The van der Waals surface area contributed by atoms with Gasteiger partial charge in [0.05, 0.1) is 0 Å². The molecule has 0 fully saturated rings. The minimum absolute atomic E-state index is 0.0746. The molecular formula is C26H28N2O5. The number of terminal acetylenes is 1. The zero-order chi connectivity index (χ0) is 24.0. The van der Waals surface area contributed by atoms with Gasteiger partial charge >= 0.3 is 12.1 Å². The van der Waals surface area contributed by atoms with E-state index in [1.165, 1.54) is 0 Å². The highest BCUT2D eigenvalue weighted by Crippen LogP contribution is 2.44. The van der Waals surface area contributed by atoms with Gasteiger partial charge in [0.15, 0.2) is 0 Å². The SMILES string of the molecule is C#CC[C@H](NC(=O)[C@H](CC(C)C)NC(=O)OCC1c2ccccc2-c2ccccc21)C(=O)O. The number of alkyl carbamates (subject to hydrolysis) is 1. The minimum atomic E-state index is -1.23. The van der Waals surface area contributed by atoms with E-state index in [-0.39, 0.29) is 24.9 Å². The Morgan fingerprint density at radius 1 is 1.00 bits per heavy atom. The summed E-state index contributed by atoms with van der Waals surface area (Å²) in [7, 11) is 0. The van der Waals surface area contributed by atoms with E-state index in [1.54, 1.807) is 0 Å². The Kier molecular flexibility index (Phi) is 7.73. The first-order valence-corrected chi connectivity index (χ1v) is 10.9. The molecule has 33 heavy (non-hydrogen) atoms. The quantitative estimate of drug-likeness (QED) is 0.509. The van der Waals surface area contributed by atoms with Gasteiger partial charge in [-0.2, -0.15) is 0 Å². The van der Waals surface area contributed by atoms with E-state index in [1.807, 2.05) is 62.4 Å². The van der Waals surface area contributed by atoms with Crippen LogP contribution >= 0.6 is 0 Å². The van der Waals surface area contributed by atoms with Crippen LogP contribution in [0.25, 0.3) is 11.1 Å². The van der Waals surface area contributed by atoms with E-state index in [9.17, 15) is 19.5 Å². The molecule has 0 unspecified atom stereocenters. The number of carboxylic acid groups (broad SMARTS) is 1. The van der Waals surface area contributed by atoms with Crippen molar-refractivity contribution >= 4 is 18.0 Å². The maximum Gasteiger partial charge on any atom is 0.407 e.